The summed E-state index contributed by atoms with van der Waals surface area (Å²) in [4.78, 5) is -2.10. The Labute approximate surface area is 82.2 Å². The largest absolute Gasteiger partial charge is 1.00 e. The summed E-state index contributed by atoms with van der Waals surface area (Å²) >= 11 is 0. The molecule has 0 fully saturated rings. The van der Waals surface area contributed by atoms with Crippen molar-refractivity contribution >= 4 is 10.1 Å². The molecule has 0 unspecified atom stereocenters. The molecule has 4 N–H and O–H groups in total. The SMILES string of the molecule is CCC(N)(N)S(=O)(=O)[O-].[Na+]. The van der Waals surface area contributed by atoms with Crippen molar-refractivity contribution in [2.45, 2.75) is 18.3 Å². The Kier molecular flexibility index (Phi) is 5.38. The third-order valence-electron chi connectivity index (χ3n) is 1.02. The van der Waals surface area contributed by atoms with Crippen molar-refractivity contribution in [3.05, 3.63) is 0 Å². The molecular formula is C3H9N2NaO3S. The molecule has 10 heavy (non-hydrogen) atoms. The minimum Gasteiger partial charge on any atom is -0.745 e. The smallest absolute Gasteiger partial charge is 0.745 e. The van der Waals surface area contributed by atoms with Gasteiger partial charge < -0.3 is 16.0 Å². The van der Waals surface area contributed by atoms with Gasteiger partial charge in [0.2, 0.25) is 0 Å². The summed E-state index contributed by atoms with van der Waals surface area (Å²) in [5.74, 6) is 0. The second-order valence-electron chi connectivity index (χ2n) is 1.76. The van der Waals surface area contributed by atoms with E-state index in [1.807, 2.05) is 0 Å². The number of rotatable bonds is 2. The molecule has 0 aliphatic heterocycles. The first kappa shape index (κ1) is 13.4. The van der Waals surface area contributed by atoms with E-state index in [-0.39, 0.29) is 36.0 Å². The van der Waals surface area contributed by atoms with Crippen molar-refractivity contribution < 1.29 is 42.5 Å². The van der Waals surface area contributed by atoms with Crippen molar-refractivity contribution in [2.75, 3.05) is 0 Å². The van der Waals surface area contributed by atoms with Crippen molar-refractivity contribution in [1.82, 2.24) is 0 Å². The Bertz CT molecular complexity index is 188. The normalized spacial score (nSPS) is 12.4. The van der Waals surface area contributed by atoms with Crippen molar-refractivity contribution in [1.29, 1.82) is 0 Å². The van der Waals surface area contributed by atoms with Crippen LogP contribution in [0.4, 0.5) is 0 Å². The zero-order valence-corrected chi connectivity index (χ0v) is 8.81. The molecule has 0 atom stereocenters. The van der Waals surface area contributed by atoms with Crippen molar-refractivity contribution in [3.63, 3.8) is 0 Å². The number of hydrogen-bond acceptors (Lipinski definition) is 5. The standard InChI is InChI=1S/C3H10N2O3S.Na/c1-2-3(4,5)9(6,7)8;/h2,4-5H2,1H3,(H,6,7,8);/q;+1/p-1. The molecule has 0 aromatic rings. The molecule has 0 saturated carbocycles. The van der Waals surface area contributed by atoms with E-state index in [0.717, 1.165) is 0 Å². The maximum absolute atomic E-state index is 10.1. The van der Waals surface area contributed by atoms with E-state index < -0.39 is 15.1 Å². The van der Waals surface area contributed by atoms with Gasteiger partial charge in [0.15, 0.2) is 4.99 Å². The average Bonchev–Trinajstić information content (AvgIpc) is 1.64. The second-order valence-corrected chi connectivity index (χ2v) is 3.43. The molecule has 5 nitrogen and oxygen atoms in total. The molecule has 0 bridgehead atoms. The van der Waals surface area contributed by atoms with Crippen LogP contribution in [0, 0.1) is 0 Å². The van der Waals surface area contributed by atoms with Gasteiger partial charge >= 0.3 is 29.6 Å². The molecule has 0 radical (unpaired) electrons. The number of hydrogen-bond donors (Lipinski definition) is 2. The molecule has 0 spiro atoms. The van der Waals surface area contributed by atoms with E-state index in [4.69, 9.17) is 11.5 Å². The van der Waals surface area contributed by atoms with Crippen LogP contribution in [-0.4, -0.2) is 18.0 Å². The van der Waals surface area contributed by atoms with Gasteiger partial charge in [-0.1, -0.05) is 6.92 Å². The van der Waals surface area contributed by atoms with Crippen LogP contribution in [0.3, 0.4) is 0 Å². The van der Waals surface area contributed by atoms with Crippen LogP contribution in [0.15, 0.2) is 0 Å². The van der Waals surface area contributed by atoms with Gasteiger partial charge in [-0.2, -0.15) is 0 Å². The minimum absolute atomic E-state index is 0. The van der Waals surface area contributed by atoms with Crippen LogP contribution >= 0.6 is 0 Å². The first-order valence-corrected chi connectivity index (χ1v) is 3.75. The Morgan fingerprint density at radius 2 is 1.80 bits per heavy atom. The molecule has 0 aliphatic rings. The van der Waals surface area contributed by atoms with Crippen LogP contribution in [-0.2, 0) is 10.1 Å². The van der Waals surface area contributed by atoms with Crippen molar-refractivity contribution in [3.8, 4) is 0 Å². The van der Waals surface area contributed by atoms with E-state index in [1.165, 1.54) is 6.92 Å². The summed E-state index contributed by atoms with van der Waals surface area (Å²) < 4.78 is 30.2. The summed E-state index contributed by atoms with van der Waals surface area (Å²) in [6.07, 6.45) is -0.0845. The molecule has 0 aromatic heterocycles. The molecule has 0 rings (SSSR count). The summed E-state index contributed by atoms with van der Waals surface area (Å²) in [5, 5.41) is 0. The number of nitrogens with two attached hydrogens (primary N) is 2. The van der Waals surface area contributed by atoms with Crippen LogP contribution < -0.4 is 41.0 Å². The van der Waals surface area contributed by atoms with E-state index in [1.54, 1.807) is 0 Å². The van der Waals surface area contributed by atoms with Gasteiger partial charge in [-0.15, -0.1) is 0 Å². The topological polar surface area (TPSA) is 109 Å². The van der Waals surface area contributed by atoms with Gasteiger partial charge in [0.05, 0.1) is 0 Å². The molecule has 0 amide bonds. The van der Waals surface area contributed by atoms with Crippen LogP contribution in [0.1, 0.15) is 13.3 Å². The fraction of sp³-hybridized carbons (Fsp3) is 1.00. The molecule has 0 saturated heterocycles. The summed E-state index contributed by atoms with van der Waals surface area (Å²) in [7, 11) is -4.55. The molecule has 0 heterocycles. The van der Waals surface area contributed by atoms with Crippen LogP contribution in [0.2, 0.25) is 0 Å². The monoisotopic (exact) mass is 176 g/mol. The summed E-state index contributed by atoms with van der Waals surface area (Å²) in [6, 6.07) is 0. The average molecular weight is 176 g/mol. The quantitative estimate of drug-likeness (QED) is 0.250. The van der Waals surface area contributed by atoms with E-state index in [2.05, 4.69) is 0 Å². The Morgan fingerprint density at radius 3 is 1.80 bits per heavy atom. The fourth-order valence-corrected chi connectivity index (χ4v) is 0.530. The minimum atomic E-state index is -4.55. The first-order valence-electron chi connectivity index (χ1n) is 2.34. The van der Waals surface area contributed by atoms with Gasteiger partial charge in [-0.25, -0.2) is 8.42 Å². The van der Waals surface area contributed by atoms with Crippen LogP contribution in [0.25, 0.3) is 0 Å². The maximum atomic E-state index is 10.1. The van der Waals surface area contributed by atoms with Gasteiger partial charge in [0.1, 0.15) is 10.1 Å². The Hall–Kier alpha value is 0.830. The zero-order valence-electron chi connectivity index (χ0n) is 5.99. The maximum Gasteiger partial charge on any atom is 1.00 e. The molecule has 56 valence electrons. The van der Waals surface area contributed by atoms with Crippen molar-refractivity contribution in [2.24, 2.45) is 11.5 Å². The molecule has 7 heteroatoms. The first-order chi connectivity index (χ1) is 3.81. The van der Waals surface area contributed by atoms with Gasteiger partial charge in [0.25, 0.3) is 0 Å². The Balaban J connectivity index is 0. The van der Waals surface area contributed by atoms with E-state index in [0.29, 0.717) is 0 Å². The molecular weight excluding hydrogens is 167 g/mol. The predicted octanol–water partition coefficient (Wildman–Crippen LogP) is -4.48. The van der Waals surface area contributed by atoms with Gasteiger partial charge in [-0.05, 0) is 6.42 Å². The third-order valence-corrected chi connectivity index (χ3v) is 2.24. The second kappa shape index (κ2) is 4.01. The van der Waals surface area contributed by atoms with E-state index >= 15 is 0 Å². The van der Waals surface area contributed by atoms with Gasteiger partial charge in [-0.3, -0.25) is 0 Å². The Morgan fingerprint density at radius 1 is 1.50 bits per heavy atom. The molecule has 0 aromatic carbocycles. The van der Waals surface area contributed by atoms with Gasteiger partial charge in [0, 0.05) is 0 Å². The summed E-state index contributed by atoms with van der Waals surface area (Å²) in [5.41, 5.74) is 9.74. The molecule has 0 aliphatic carbocycles. The predicted molar refractivity (Wildman–Crippen MR) is 31.1 cm³/mol. The zero-order chi connectivity index (χ0) is 7.71. The summed E-state index contributed by atoms with van der Waals surface area (Å²) in [6.45, 7) is 1.43. The fourth-order valence-electron chi connectivity index (χ4n) is 0.177. The van der Waals surface area contributed by atoms with E-state index in [9.17, 15) is 13.0 Å². The van der Waals surface area contributed by atoms with Crippen LogP contribution in [0.5, 0.6) is 0 Å². The third kappa shape index (κ3) is 3.29.